The number of pyridine rings is 1. The van der Waals surface area contributed by atoms with Crippen LogP contribution in [0.25, 0.3) is 21.1 Å². The molecule has 2 aromatic heterocycles. The first-order valence-corrected chi connectivity index (χ1v) is 9.40. The van der Waals surface area contributed by atoms with E-state index < -0.39 is 0 Å². The molecule has 4 aromatic rings. The fourth-order valence-electron chi connectivity index (χ4n) is 2.84. The molecule has 1 amide bonds. The van der Waals surface area contributed by atoms with E-state index in [2.05, 4.69) is 10.3 Å². The Bertz CT molecular complexity index is 1200. The molecule has 0 aliphatic carbocycles. The third-order valence-corrected chi connectivity index (χ3v) is 5.88. The van der Waals surface area contributed by atoms with E-state index in [1.54, 1.807) is 19.2 Å². The zero-order chi connectivity index (χ0) is 19.1. The number of carbonyl (C=O) groups is 1. The molecule has 0 unspecified atom stereocenters. The molecule has 0 spiro atoms. The number of aromatic nitrogens is 1. The monoisotopic (exact) mass is 397 g/mol. The van der Waals surface area contributed by atoms with Gasteiger partial charge in [0.25, 0.3) is 5.91 Å². The van der Waals surface area contributed by atoms with Crippen molar-refractivity contribution >= 4 is 61.3 Å². The summed E-state index contributed by atoms with van der Waals surface area (Å²) in [4.78, 5) is 18.5. The van der Waals surface area contributed by atoms with Gasteiger partial charge in [-0.15, -0.1) is 11.3 Å². The number of methoxy groups -OCH3 is 1. The number of fused-ring (bicyclic) bond motifs is 2. The largest absolute Gasteiger partial charge is 0.497 e. The maximum atomic E-state index is 12.7. The highest BCUT2D eigenvalue weighted by Crippen LogP contribution is 2.35. The van der Waals surface area contributed by atoms with Crippen molar-refractivity contribution in [2.45, 2.75) is 6.92 Å². The van der Waals surface area contributed by atoms with E-state index in [1.165, 1.54) is 11.3 Å². The van der Waals surface area contributed by atoms with Crippen molar-refractivity contribution < 1.29 is 9.53 Å². The topological polar surface area (TPSA) is 77.2 Å². The van der Waals surface area contributed by atoms with Gasteiger partial charge in [-0.2, -0.15) is 0 Å². The summed E-state index contributed by atoms with van der Waals surface area (Å²) in [5.41, 5.74) is 9.07. The number of carbonyl (C=O) groups excluding carboxylic acids is 1. The van der Waals surface area contributed by atoms with Crippen LogP contribution < -0.4 is 15.8 Å². The minimum Gasteiger partial charge on any atom is -0.497 e. The van der Waals surface area contributed by atoms with E-state index in [4.69, 9.17) is 22.1 Å². The Balaban J connectivity index is 1.74. The van der Waals surface area contributed by atoms with Gasteiger partial charge >= 0.3 is 0 Å². The molecular formula is C20H16ClN3O2S. The second kappa shape index (κ2) is 6.72. The Morgan fingerprint density at radius 1 is 1.22 bits per heavy atom. The Morgan fingerprint density at radius 2 is 2.04 bits per heavy atom. The molecule has 0 aliphatic rings. The summed E-state index contributed by atoms with van der Waals surface area (Å²) in [5, 5.41) is 5.11. The standard InChI is InChI=1S/C20H16ClN3O2S/c1-10-3-4-12(9-15(10)21)23-19(25)18-17(22)14-8-11-7-13(26-2)5-6-16(11)24-20(14)27-18/h3-9H,22H2,1-2H3,(H,23,25). The average molecular weight is 398 g/mol. The Kier molecular flexibility index (Phi) is 4.37. The number of ether oxygens (including phenoxy) is 1. The number of nitrogen functional groups attached to an aromatic ring is 1. The lowest BCUT2D eigenvalue weighted by atomic mass is 10.1. The molecule has 0 aliphatic heterocycles. The molecule has 3 N–H and O–H groups in total. The lowest BCUT2D eigenvalue weighted by molar-refractivity contribution is 0.103. The van der Waals surface area contributed by atoms with Crippen LogP contribution in [0, 0.1) is 6.92 Å². The second-order valence-electron chi connectivity index (χ2n) is 6.16. The Hall–Kier alpha value is -2.83. The van der Waals surface area contributed by atoms with Crippen molar-refractivity contribution in [3.05, 3.63) is 57.9 Å². The summed E-state index contributed by atoms with van der Waals surface area (Å²) < 4.78 is 5.26. The van der Waals surface area contributed by atoms with Crippen LogP contribution in [-0.4, -0.2) is 18.0 Å². The molecule has 4 rings (SSSR count). The van der Waals surface area contributed by atoms with Gasteiger partial charge in [0.05, 0.1) is 18.3 Å². The van der Waals surface area contributed by atoms with E-state index in [0.717, 1.165) is 32.4 Å². The van der Waals surface area contributed by atoms with Crippen LogP contribution >= 0.6 is 22.9 Å². The zero-order valence-corrected chi connectivity index (χ0v) is 16.2. The number of nitrogens with two attached hydrogens (primary N) is 1. The Labute approximate surface area is 164 Å². The first-order valence-electron chi connectivity index (χ1n) is 8.20. The number of benzene rings is 2. The summed E-state index contributed by atoms with van der Waals surface area (Å²) in [6.45, 7) is 1.91. The normalized spacial score (nSPS) is 11.1. The average Bonchev–Trinajstić information content (AvgIpc) is 2.98. The summed E-state index contributed by atoms with van der Waals surface area (Å²) >= 11 is 7.40. The van der Waals surface area contributed by atoms with Crippen LogP contribution in [0.3, 0.4) is 0 Å². The molecule has 0 fully saturated rings. The molecule has 2 heterocycles. The predicted molar refractivity (Wildman–Crippen MR) is 112 cm³/mol. The molecule has 27 heavy (non-hydrogen) atoms. The van der Waals surface area contributed by atoms with Crippen LogP contribution in [0.2, 0.25) is 5.02 Å². The third kappa shape index (κ3) is 3.18. The van der Waals surface area contributed by atoms with Crippen molar-refractivity contribution in [1.82, 2.24) is 4.98 Å². The molecule has 0 saturated carbocycles. The lowest BCUT2D eigenvalue weighted by Gasteiger charge is -2.06. The maximum absolute atomic E-state index is 12.7. The first kappa shape index (κ1) is 17.6. The van der Waals surface area contributed by atoms with Crippen LogP contribution in [0.15, 0.2) is 42.5 Å². The maximum Gasteiger partial charge on any atom is 0.267 e. The van der Waals surface area contributed by atoms with E-state index in [0.29, 0.717) is 21.3 Å². The molecule has 0 bridgehead atoms. The summed E-state index contributed by atoms with van der Waals surface area (Å²) in [7, 11) is 1.62. The minimum atomic E-state index is -0.281. The number of hydrogen-bond donors (Lipinski definition) is 2. The van der Waals surface area contributed by atoms with E-state index in [9.17, 15) is 4.79 Å². The first-order chi connectivity index (χ1) is 13.0. The number of rotatable bonds is 3. The molecule has 2 aromatic carbocycles. The Morgan fingerprint density at radius 3 is 2.78 bits per heavy atom. The number of amides is 1. The summed E-state index contributed by atoms with van der Waals surface area (Å²) in [6.07, 6.45) is 0. The van der Waals surface area contributed by atoms with Crippen LogP contribution in [0.4, 0.5) is 11.4 Å². The third-order valence-electron chi connectivity index (χ3n) is 4.36. The van der Waals surface area contributed by atoms with Gasteiger partial charge in [-0.05, 0) is 48.9 Å². The van der Waals surface area contributed by atoms with Gasteiger partial charge in [0, 0.05) is 21.5 Å². The van der Waals surface area contributed by atoms with Gasteiger partial charge in [-0.3, -0.25) is 4.79 Å². The fourth-order valence-corrected chi connectivity index (χ4v) is 4.00. The van der Waals surface area contributed by atoms with E-state index in [-0.39, 0.29) is 5.91 Å². The molecular weight excluding hydrogens is 382 g/mol. The highest BCUT2D eigenvalue weighted by Gasteiger charge is 2.18. The second-order valence-corrected chi connectivity index (χ2v) is 7.57. The number of aryl methyl sites for hydroxylation is 1. The van der Waals surface area contributed by atoms with Crippen molar-refractivity contribution in [3.8, 4) is 5.75 Å². The quantitative estimate of drug-likeness (QED) is 0.494. The van der Waals surface area contributed by atoms with Gasteiger partial charge in [0.15, 0.2) is 0 Å². The number of halogens is 1. The summed E-state index contributed by atoms with van der Waals surface area (Å²) in [5.74, 6) is 0.462. The van der Waals surface area contributed by atoms with Gasteiger partial charge in [0.1, 0.15) is 15.5 Å². The van der Waals surface area contributed by atoms with Crippen molar-refractivity contribution in [2.75, 3.05) is 18.2 Å². The molecule has 7 heteroatoms. The van der Waals surface area contributed by atoms with Crippen molar-refractivity contribution in [2.24, 2.45) is 0 Å². The fraction of sp³-hybridized carbons (Fsp3) is 0.100. The van der Waals surface area contributed by atoms with Crippen LogP contribution in [0.5, 0.6) is 5.75 Å². The van der Waals surface area contributed by atoms with Gasteiger partial charge in [-0.25, -0.2) is 4.98 Å². The van der Waals surface area contributed by atoms with Crippen LogP contribution in [0.1, 0.15) is 15.2 Å². The zero-order valence-electron chi connectivity index (χ0n) is 14.7. The number of nitrogens with zero attached hydrogens (tertiary/aromatic N) is 1. The van der Waals surface area contributed by atoms with Gasteiger partial charge in [-0.1, -0.05) is 17.7 Å². The minimum absolute atomic E-state index is 0.281. The van der Waals surface area contributed by atoms with Crippen molar-refractivity contribution in [1.29, 1.82) is 0 Å². The molecule has 136 valence electrons. The van der Waals surface area contributed by atoms with Crippen LogP contribution in [-0.2, 0) is 0 Å². The van der Waals surface area contributed by atoms with E-state index in [1.807, 2.05) is 37.3 Å². The SMILES string of the molecule is COc1ccc2nc3sc(C(=O)Nc4ccc(C)c(Cl)c4)c(N)c3cc2c1. The molecule has 5 nitrogen and oxygen atoms in total. The molecule has 0 atom stereocenters. The highest BCUT2D eigenvalue weighted by molar-refractivity contribution is 7.21. The van der Waals surface area contributed by atoms with Gasteiger partial charge < -0.3 is 15.8 Å². The predicted octanol–water partition coefficient (Wildman–Crippen LogP) is 5.25. The number of anilines is 2. The number of nitrogens with one attached hydrogen (secondary N) is 1. The lowest BCUT2D eigenvalue weighted by Crippen LogP contribution is -2.11. The molecule has 0 radical (unpaired) electrons. The number of hydrogen-bond acceptors (Lipinski definition) is 5. The van der Waals surface area contributed by atoms with Gasteiger partial charge in [0.2, 0.25) is 0 Å². The van der Waals surface area contributed by atoms with E-state index >= 15 is 0 Å². The highest BCUT2D eigenvalue weighted by atomic mass is 35.5. The van der Waals surface area contributed by atoms with Crippen molar-refractivity contribution in [3.63, 3.8) is 0 Å². The number of thiophene rings is 1. The molecule has 0 saturated heterocycles. The summed E-state index contributed by atoms with van der Waals surface area (Å²) in [6, 6.07) is 13.0. The smallest absolute Gasteiger partial charge is 0.267 e.